The molecule has 8 atom stereocenters. The van der Waals surface area contributed by atoms with Gasteiger partial charge in [-0.05, 0) is 122 Å². The highest BCUT2D eigenvalue weighted by Gasteiger charge is 2.59. The minimum atomic E-state index is -0.134. The van der Waals surface area contributed by atoms with Gasteiger partial charge in [0.05, 0.1) is 6.10 Å². The number of allylic oxidation sites excluding steroid dienone is 1. The van der Waals surface area contributed by atoms with Crippen LogP contribution in [0.1, 0.15) is 84.1 Å². The summed E-state index contributed by atoms with van der Waals surface area (Å²) in [6.45, 7) is 7.64. The predicted molar refractivity (Wildman–Crippen MR) is 125 cm³/mol. The van der Waals surface area contributed by atoms with Crippen LogP contribution in [0.15, 0.2) is 35.9 Å². The van der Waals surface area contributed by atoms with E-state index in [0.29, 0.717) is 10.8 Å². The lowest BCUT2D eigenvalue weighted by Gasteiger charge is -2.58. The molecule has 0 aliphatic heterocycles. The molecule has 7 unspecified atom stereocenters. The fraction of sp³-hybridized carbons (Fsp3) is 0.724. The van der Waals surface area contributed by atoms with Crippen molar-refractivity contribution in [1.29, 1.82) is 0 Å². The number of fused-ring (bicyclic) bond motifs is 5. The van der Waals surface area contributed by atoms with Crippen LogP contribution in [0.25, 0.3) is 0 Å². The van der Waals surface area contributed by atoms with E-state index in [1.165, 1.54) is 50.5 Å². The minimum absolute atomic E-state index is 0.109. The highest BCUT2D eigenvalue weighted by Crippen LogP contribution is 2.67. The topological polar surface area (TPSA) is 20.2 Å². The highest BCUT2D eigenvalue weighted by molar-refractivity contribution is 5.25. The van der Waals surface area contributed by atoms with Crippen LogP contribution in [0.3, 0.4) is 0 Å². The number of hydrogen-bond donors (Lipinski definition) is 1. The maximum Gasteiger partial charge on any atom is 0.123 e. The molecule has 0 aromatic heterocycles. The molecule has 170 valence electrons. The largest absolute Gasteiger partial charge is 0.393 e. The zero-order chi connectivity index (χ0) is 21.8. The van der Waals surface area contributed by atoms with Gasteiger partial charge in [-0.1, -0.05) is 44.6 Å². The Morgan fingerprint density at radius 1 is 1.03 bits per heavy atom. The Hall–Kier alpha value is -1.15. The summed E-state index contributed by atoms with van der Waals surface area (Å²) in [6, 6.07) is 7.12. The van der Waals surface area contributed by atoms with Crippen molar-refractivity contribution in [1.82, 2.24) is 0 Å². The third kappa shape index (κ3) is 3.62. The van der Waals surface area contributed by atoms with Crippen LogP contribution in [0.2, 0.25) is 0 Å². The minimum Gasteiger partial charge on any atom is -0.393 e. The van der Waals surface area contributed by atoms with E-state index in [9.17, 15) is 9.50 Å². The van der Waals surface area contributed by atoms with Crippen molar-refractivity contribution in [2.45, 2.75) is 91.1 Å². The lowest BCUT2D eigenvalue weighted by Crippen LogP contribution is -2.50. The lowest BCUT2D eigenvalue weighted by molar-refractivity contribution is -0.0571. The van der Waals surface area contributed by atoms with Gasteiger partial charge in [-0.3, -0.25) is 0 Å². The third-order valence-electron chi connectivity index (χ3n) is 10.6. The van der Waals surface area contributed by atoms with E-state index in [2.05, 4.69) is 26.8 Å². The number of hydrogen-bond acceptors (Lipinski definition) is 1. The van der Waals surface area contributed by atoms with Gasteiger partial charge >= 0.3 is 0 Å². The number of rotatable bonds is 4. The second-order valence-corrected chi connectivity index (χ2v) is 12.0. The summed E-state index contributed by atoms with van der Waals surface area (Å²) in [5.41, 5.74) is 3.68. The molecular formula is C29H41FO. The molecule has 4 aliphatic rings. The fourth-order valence-electron chi connectivity index (χ4n) is 8.86. The molecule has 2 heteroatoms. The Morgan fingerprint density at radius 2 is 1.81 bits per heavy atom. The van der Waals surface area contributed by atoms with Gasteiger partial charge in [0.1, 0.15) is 5.82 Å². The van der Waals surface area contributed by atoms with E-state index in [-0.39, 0.29) is 11.9 Å². The van der Waals surface area contributed by atoms with Gasteiger partial charge in [0.2, 0.25) is 0 Å². The maximum atomic E-state index is 13.2. The molecule has 4 aliphatic carbocycles. The molecule has 1 N–H and O–H groups in total. The van der Waals surface area contributed by atoms with Crippen LogP contribution in [0.5, 0.6) is 0 Å². The molecule has 1 aromatic carbocycles. The van der Waals surface area contributed by atoms with Crippen LogP contribution in [-0.4, -0.2) is 11.2 Å². The smallest absolute Gasteiger partial charge is 0.123 e. The predicted octanol–water partition coefficient (Wildman–Crippen LogP) is 7.33. The van der Waals surface area contributed by atoms with Gasteiger partial charge in [-0.15, -0.1) is 0 Å². The average molecular weight is 425 g/mol. The highest BCUT2D eigenvalue weighted by atomic mass is 19.1. The van der Waals surface area contributed by atoms with Crippen molar-refractivity contribution >= 4 is 0 Å². The molecule has 3 fully saturated rings. The fourth-order valence-corrected chi connectivity index (χ4v) is 8.86. The Morgan fingerprint density at radius 3 is 2.58 bits per heavy atom. The molecular weight excluding hydrogens is 383 g/mol. The summed E-state index contributed by atoms with van der Waals surface area (Å²) in [6.07, 6.45) is 14.6. The van der Waals surface area contributed by atoms with Gasteiger partial charge < -0.3 is 5.11 Å². The molecule has 5 rings (SSSR count). The van der Waals surface area contributed by atoms with Crippen molar-refractivity contribution in [3.8, 4) is 0 Å². The van der Waals surface area contributed by atoms with E-state index in [1.54, 1.807) is 17.7 Å². The quantitative estimate of drug-likeness (QED) is 0.502. The Kier molecular flexibility index (Phi) is 5.60. The Balaban J connectivity index is 1.30. The Bertz CT molecular complexity index is 828. The first-order valence-corrected chi connectivity index (χ1v) is 12.9. The number of benzene rings is 1. The first-order valence-electron chi connectivity index (χ1n) is 12.9. The molecule has 0 amide bonds. The van der Waals surface area contributed by atoms with E-state index in [0.717, 1.165) is 48.9 Å². The molecule has 3 saturated carbocycles. The number of aryl methyl sites for hydroxylation is 1. The molecule has 1 nitrogen and oxygen atoms in total. The first-order chi connectivity index (χ1) is 14.8. The van der Waals surface area contributed by atoms with Crippen molar-refractivity contribution in [2.24, 2.45) is 40.4 Å². The van der Waals surface area contributed by atoms with Crippen molar-refractivity contribution in [2.75, 3.05) is 0 Å². The van der Waals surface area contributed by atoms with E-state index < -0.39 is 0 Å². The zero-order valence-corrected chi connectivity index (χ0v) is 19.7. The summed E-state index contributed by atoms with van der Waals surface area (Å²) < 4.78 is 13.2. The molecule has 0 bridgehead atoms. The molecule has 0 heterocycles. The summed E-state index contributed by atoms with van der Waals surface area (Å²) >= 11 is 0. The summed E-state index contributed by atoms with van der Waals surface area (Å²) in [5, 5.41) is 10.2. The normalized spacial score (nSPS) is 42.9. The SMILES string of the molecule is C[C@@H](CCc1ccc(F)cc1)C1CCC2C3CC=C4CC(O)CCC4(C)C3CCC21C. The van der Waals surface area contributed by atoms with Crippen LogP contribution in [-0.2, 0) is 6.42 Å². The molecule has 0 saturated heterocycles. The maximum absolute atomic E-state index is 13.2. The third-order valence-corrected chi connectivity index (χ3v) is 10.6. The summed E-state index contributed by atoms with van der Waals surface area (Å²) in [7, 11) is 0. The van der Waals surface area contributed by atoms with E-state index in [1.807, 2.05) is 12.1 Å². The average Bonchev–Trinajstić information content (AvgIpc) is 3.11. The second kappa shape index (κ2) is 8.01. The van der Waals surface area contributed by atoms with Crippen LogP contribution < -0.4 is 0 Å². The second-order valence-electron chi connectivity index (χ2n) is 12.0. The van der Waals surface area contributed by atoms with Crippen molar-refractivity contribution in [3.63, 3.8) is 0 Å². The van der Waals surface area contributed by atoms with Crippen LogP contribution in [0, 0.1) is 46.2 Å². The van der Waals surface area contributed by atoms with Gasteiger partial charge in [-0.2, -0.15) is 0 Å². The van der Waals surface area contributed by atoms with E-state index >= 15 is 0 Å². The monoisotopic (exact) mass is 424 g/mol. The standard InChI is InChI=1S/C29H41FO/c1-19(4-5-20-6-9-22(30)10-7-20)25-12-13-26-24-11-8-21-18-23(31)14-16-28(21,2)27(24)15-17-29(25,26)3/h6-10,19,23-27,31H,4-5,11-18H2,1-3H3/t19-,23?,24?,25?,26?,27?,28?,29?/m0/s1. The Labute approximate surface area is 188 Å². The summed E-state index contributed by atoms with van der Waals surface area (Å²) in [5.74, 6) is 3.96. The van der Waals surface area contributed by atoms with Crippen LogP contribution >= 0.6 is 0 Å². The number of halogens is 1. The lowest BCUT2D eigenvalue weighted by atomic mass is 9.47. The van der Waals surface area contributed by atoms with Crippen LogP contribution in [0.4, 0.5) is 4.39 Å². The molecule has 1 aromatic rings. The van der Waals surface area contributed by atoms with Gasteiger partial charge in [-0.25, -0.2) is 4.39 Å². The first kappa shape index (κ1) is 21.7. The number of aliphatic hydroxyl groups excluding tert-OH is 1. The van der Waals surface area contributed by atoms with Crippen molar-refractivity contribution in [3.05, 3.63) is 47.3 Å². The number of aliphatic hydroxyl groups is 1. The van der Waals surface area contributed by atoms with E-state index in [4.69, 9.17) is 0 Å². The van der Waals surface area contributed by atoms with Gasteiger partial charge in [0.25, 0.3) is 0 Å². The molecule has 31 heavy (non-hydrogen) atoms. The zero-order valence-electron chi connectivity index (χ0n) is 19.7. The van der Waals surface area contributed by atoms with Crippen molar-refractivity contribution < 1.29 is 9.50 Å². The van der Waals surface area contributed by atoms with Gasteiger partial charge in [0, 0.05) is 0 Å². The van der Waals surface area contributed by atoms with Gasteiger partial charge in [0.15, 0.2) is 0 Å². The summed E-state index contributed by atoms with van der Waals surface area (Å²) in [4.78, 5) is 0. The molecule has 0 radical (unpaired) electrons. The molecule has 0 spiro atoms.